The van der Waals surface area contributed by atoms with Gasteiger partial charge in [0, 0.05) is 30.7 Å². The molecule has 166 valence electrons. The number of H-pyrrole nitrogens is 1. The van der Waals surface area contributed by atoms with Gasteiger partial charge in [-0.2, -0.15) is 0 Å². The summed E-state index contributed by atoms with van der Waals surface area (Å²) in [4.78, 5) is 4.62. The summed E-state index contributed by atoms with van der Waals surface area (Å²) in [5.41, 5.74) is 4.54. The predicted octanol–water partition coefficient (Wildman–Crippen LogP) is 4.55. The zero-order valence-electron chi connectivity index (χ0n) is 18.6. The highest BCUT2D eigenvalue weighted by Crippen LogP contribution is 2.36. The minimum absolute atomic E-state index is 0.640. The number of hydroxylamine groups is 2. The van der Waals surface area contributed by atoms with Gasteiger partial charge in [0.1, 0.15) is 11.4 Å². The first kappa shape index (κ1) is 20.8. The Kier molecular flexibility index (Phi) is 5.35. The van der Waals surface area contributed by atoms with Crippen molar-refractivity contribution >= 4 is 0 Å². The van der Waals surface area contributed by atoms with Crippen LogP contribution < -0.4 is 0 Å². The topological polar surface area (TPSA) is 95.8 Å². The molecule has 2 aromatic carbocycles. The molecule has 4 aromatic rings. The number of imidazole rings is 1. The average molecular weight is 440 g/mol. The molecule has 5 rings (SSSR count). The van der Waals surface area contributed by atoms with Gasteiger partial charge in [0.2, 0.25) is 0 Å². The van der Waals surface area contributed by atoms with Crippen LogP contribution >= 0.6 is 0 Å². The molecule has 2 N–H and O–H groups in total. The maximum Gasteiger partial charge on any atom is 0.180 e. The van der Waals surface area contributed by atoms with Crippen molar-refractivity contribution in [2.45, 2.75) is 32.4 Å². The van der Waals surface area contributed by atoms with Crippen LogP contribution in [0.2, 0.25) is 0 Å². The highest BCUT2D eigenvalue weighted by molar-refractivity contribution is 5.80. The van der Waals surface area contributed by atoms with Gasteiger partial charge >= 0.3 is 0 Å². The van der Waals surface area contributed by atoms with Gasteiger partial charge in [0.05, 0.1) is 0 Å². The maximum absolute atomic E-state index is 10.8. The van der Waals surface area contributed by atoms with Crippen LogP contribution in [0.15, 0.2) is 84.8 Å². The maximum atomic E-state index is 10.8. The number of nitrogens with zero attached hydrogens (tertiary/aromatic N) is 6. The fourth-order valence-electron chi connectivity index (χ4n) is 4.33. The molecule has 0 aliphatic carbocycles. The third-order valence-corrected chi connectivity index (χ3v) is 6.14. The number of benzene rings is 2. The number of tetrazole rings is 1. The molecule has 0 saturated carbocycles. The number of hydrogen-bond donors (Lipinski definition) is 2. The van der Waals surface area contributed by atoms with E-state index in [2.05, 4.69) is 67.4 Å². The van der Waals surface area contributed by atoms with E-state index in [9.17, 15) is 5.21 Å². The second kappa shape index (κ2) is 8.48. The Hall–Kier alpha value is -4.04. The van der Waals surface area contributed by atoms with Crippen molar-refractivity contribution < 1.29 is 5.21 Å². The van der Waals surface area contributed by atoms with Crippen molar-refractivity contribution in [3.63, 3.8) is 0 Å². The van der Waals surface area contributed by atoms with Crippen LogP contribution in [0, 0.1) is 0 Å². The second-order valence-electron chi connectivity index (χ2n) is 8.20. The van der Waals surface area contributed by atoms with Gasteiger partial charge in [0.15, 0.2) is 5.82 Å². The lowest BCUT2D eigenvalue weighted by atomic mass is 9.90. The fourth-order valence-corrected chi connectivity index (χ4v) is 4.33. The molecule has 0 spiro atoms. The van der Waals surface area contributed by atoms with Crippen molar-refractivity contribution in [3.8, 4) is 22.5 Å². The van der Waals surface area contributed by atoms with Gasteiger partial charge in [-0.25, -0.2) is 15.1 Å². The van der Waals surface area contributed by atoms with Gasteiger partial charge in [-0.05, 0) is 52.1 Å². The van der Waals surface area contributed by atoms with Crippen molar-refractivity contribution in [3.05, 3.63) is 96.2 Å². The Bertz CT molecular complexity index is 1300. The molecule has 0 fully saturated rings. The highest BCUT2D eigenvalue weighted by atomic mass is 16.5. The van der Waals surface area contributed by atoms with E-state index >= 15 is 0 Å². The van der Waals surface area contributed by atoms with Crippen molar-refractivity contribution in [1.82, 2.24) is 35.2 Å². The van der Waals surface area contributed by atoms with Gasteiger partial charge in [-0.1, -0.05) is 61.5 Å². The molecule has 1 unspecified atom stereocenters. The van der Waals surface area contributed by atoms with Gasteiger partial charge in [0.25, 0.3) is 0 Å². The average Bonchev–Trinajstić information content (AvgIpc) is 3.53. The minimum Gasteiger partial charge on any atom is -0.328 e. The molecular formula is C25H25N7O. The van der Waals surface area contributed by atoms with E-state index in [1.165, 1.54) is 5.06 Å². The summed E-state index contributed by atoms with van der Waals surface area (Å²) in [7, 11) is 0. The van der Waals surface area contributed by atoms with Crippen LogP contribution in [-0.4, -0.2) is 40.4 Å². The zero-order valence-corrected chi connectivity index (χ0v) is 18.6. The molecule has 1 aliphatic heterocycles. The lowest BCUT2D eigenvalue weighted by Gasteiger charge is -2.38. The fraction of sp³-hybridized carbons (Fsp3) is 0.200. The molecular weight excluding hydrogens is 414 g/mol. The number of aromatic nitrogens is 6. The summed E-state index contributed by atoms with van der Waals surface area (Å²) in [6.45, 7) is 4.66. The molecule has 2 aromatic heterocycles. The second-order valence-corrected chi connectivity index (χ2v) is 8.20. The van der Waals surface area contributed by atoms with Crippen LogP contribution in [0.5, 0.6) is 0 Å². The largest absolute Gasteiger partial charge is 0.328 e. The molecule has 1 atom stereocenters. The Morgan fingerprint density at radius 2 is 1.85 bits per heavy atom. The first-order valence-corrected chi connectivity index (χ1v) is 10.9. The third kappa shape index (κ3) is 3.74. The van der Waals surface area contributed by atoms with E-state index in [1.807, 2.05) is 43.5 Å². The van der Waals surface area contributed by atoms with Crippen molar-refractivity contribution in [2.24, 2.45) is 0 Å². The number of nitrogens with one attached hydrogen (secondary N) is 1. The lowest BCUT2D eigenvalue weighted by Crippen LogP contribution is -2.42. The molecule has 8 nitrogen and oxygen atoms in total. The SMILES string of the molecule is CCC1(c2nccn2Cc2ccc(-c3ccccc3-c3nnn[nH]3)cc2)C=CC(C)=CN1O. The van der Waals surface area contributed by atoms with E-state index in [4.69, 9.17) is 0 Å². The molecule has 3 heterocycles. The molecule has 1 aliphatic rings. The number of rotatable bonds is 6. The highest BCUT2D eigenvalue weighted by Gasteiger charge is 2.38. The molecule has 0 bridgehead atoms. The van der Waals surface area contributed by atoms with Crippen molar-refractivity contribution in [1.29, 1.82) is 0 Å². The molecule has 0 radical (unpaired) electrons. The summed E-state index contributed by atoms with van der Waals surface area (Å²) < 4.78 is 2.09. The molecule has 0 saturated heterocycles. The normalized spacial score (nSPS) is 17.9. The van der Waals surface area contributed by atoms with Gasteiger partial charge < -0.3 is 4.57 Å². The number of aromatic amines is 1. The van der Waals surface area contributed by atoms with E-state index in [-0.39, 0.29) is 0 Å². The van der Waals surface area contributed by atoms with Crippen LogP contribution in [0.25, 0.3) is 22.5 Å². The van der Waals surface area contributed by atoms with Gasteiger partial charge in [-0.15, -0.1) is 5.10 Å². The van der Waals surface area contributed by atoms with E-state index in [1.54, 1.807) is 12.4 Å². The quantitative estimate of drug-likeness (QED) is 0.458. The van der Waals surface area contributed by atoms with Gasteiger partial charge in [-0.3, -0.25) is 5.21 Å². The minimum atomic E-state index is -0.687. The smallest absolute Gasteiger partial charge is 0.180 e. The summed E-state index contributed by atoms with van der Waals surface area (Å²) in [5, 5.41) is 26.3. The summed E-state index contributed by atoms with van der Waals surface area (Å²) in [5.74, 6) is 1.45. The van der Waals surface area contributed by atoms with Crippen LogP contribution in [0.3, 0.4) is 0 Å². The Morgan fingerprint density at radius 3 is 2.55 bits per heavy atom. The predicted molar refractivity (Wildman–Crippen MR) is 125 cm³/mol. The van der Waals surface area contributed by atoms with E-state index in [0.29, 0.717) is 18.8 Å². The Morgan fingerprint density at radius 1 is 1.06 bits per heavy atom. The monoisotopic (exact) mass is 439 g/mol. The van der Waals surface area contributed by atoms with E-state index in [0.717, 1.165) is 33.7 Å². The molecule has 33 heavy (non-hydrogen) atoms. The Labute approximate surface area is 191 Å². The standard InChI is InChI=1S/C25H25N7O/c1-3-25(13-12-18(2)16-32(25)33)24-26-14-15-31(24)17-19-8-10-20(11-9-19)21-6-4-5-7-22(21)23-27-29-30-28-23/h4-16,33H,3,17H2,1-2H3,(H,27,28,29,30). The number of allylic oxidation sites excluding steroid dienone is 2. The summed E-state index contributed by atoms with van der Waals surface area (Å²) in [6.07, 6.45) is 10.2. The summed E-state index contributed by atoms with van der Waals surface area (Å²) >= 11 is 0. The third-order valence-electron chi connectivity index (χ3n) is 6.14. The van der Waals surface area contributed by atoms with Crippen LogP contribution in [0.1, 0.15) is 31.7 Å². The molecule has 0 amide bonds. The first-order valence-electron chi connectivity index (χ1n) is 10.9. The van der Waals surface area contributed by atoms with Crippen LogP contribution in [0.4, 0.5) is 0 Å². The zero-order chi connectivity index (χ0) is 22.8. The van der Waals surface area contributed by atoms with E-state index < -0.39 is 5.54 Å². The molecule has 8 heteroatoms. The summed E-state index contributed by atoms with van der Waals surface area (Å²) in [6, 6.07) is 16.5. The van der Waals surface area contributed by atoms with Crippen molar-refractivity contribution in [2.75, 3.05) is 0 Å². The van der Waals surface area contributed by atoms with Crippen LogP contribution in [-0.2, 0) is 12.1 Å². The lowest BCUT2D eigenvalue weighted by molar-refractivity contribution is -0.123. The Balaban J connectivity index is 1.43. The first-order chi connectivity index (χ1) is 16.1. The number of hydrogen-bond acceptors (Lipinski definition) is 6.